The summed E-state index contributed by atoms with van der Waals surface area (Å²) < 4.78 is 2.02. The first-order valence-electron chi connectivity index (χ1n) is 7.67. The van der Waals surface area contributed by atoms with Crippen LogP contribution in [0.5, 0.6) is 0 Å². The van der Waals surface area contributed by atoms with Gasteiger partial charge in [0.25, 0.3) is 0 Å². The van der Waals surface area contributed by atoms with Crippen LogP contribution in [0.1, 0.15) is 16.6 Å². The maximum atomic E-state index is 12.5. The molecule has 2 aromatic heterocycles. The molecule has 0 aliphatic carbocycles. The van der Waals surface area contributed by atoms with Crippen molar-refractivity contribution in [1.29, 1.82) is 5.26 Å². The molecule has 0 radical (unpaired) electrons. The van der Waals surface area contributed by atoms with E-state index >= 15 is 0 Å². The summed E-state index contributed by atoms with van der Waals surface area (Å²) in [5, 5.41) is 12.5. The van der Waals surface area contributed by atoms with E-state index in [0.29, 0.717) is 11.6 Å². The molecule has 2 heterocycles. The number of allylic oxidation sites excluding steroid dienone is 1. The van der Waals surface area contributed by atoms with Gasteiger partial charge in [0.15, 0.2) is 16.9 Å². The van der Waals surface area contributed by atoms with Crippen molar-refractivity contribution in [1.82, 2.24) is 14.5 Å². The number of thioether (sulfide) groups is 1. The Morgan fingerprint density at radius 3 is 2.96 bits per heavy atom. The molecule has 0 bridgehead atoms. The maximum absolute atomic E-state index is 12.5. The van der Waals surface area contributed by atoms with E-state index in [2.05, 4.69) is 22.6 Å². The van der Waals surface area contributed by atoms with Crippen molar-refractivity contribution in [2.45, 2.75) is 24.5 Å². The number of nitriles is 1. The number of hydrogen-bond donors (Lipinski definition) is 0. The lowest BCUT2D eigenvalue weighted by Crippen LogP contribution is -2.13. The number of thiazole rings is 1. The third-order valence-electron chi connectivity index (χ3n) is 3.61. The van der Waals surface area contributed by atoms with Gasteiger partial charge in [-0.15, -0.1) is 17.9 Å². The van der Waals surface area contributed by atoms with E-state index in [1.807, 2.05) is 41.1 Å². The van der Waals surface area contributed by atoms with E-state index in [1.54, 1.807) is 6.08 Å². The molecule has 0 saturated heterocycles. The number of ketones is 1. The Bertz CT molecular complexity index is 967. The maximum Gasteiger partial charge on any atom is 0.169 e. The molecule has 0 aliphatic heterocycles. The number of nitrogens with zero attached hydrogens (tertiary/aromatic N) is 4. The normalized spacial score (nSPS) is 12.0. The molecule has 3 aromatic rings. The van der Waals surface area contributed by atoms with Crippen molar-refractivity contribution in [3.05, 3.63) is 53.0 Å². The molecule has 1 aromatic carbocycles. The zero-order valence-corrected chi connectivity index (χ0v) is 15.3. The second kappa shape index (κ2) is 7.64. The lowest BCUT2D eigenvalue weighted by Gasteiger charge is -2.07. The second-order valence-electron chi connectivity index (χ2n) is 5.43. The van der Waals surface area contributed by atoms with Crippen LogP contribution in [0.25, 0.3) is 11.0 Å². The minimum atomic E-state index is -0.816. The highest BCUT2D eigenvalue weighted by Crippen LogP contribution is 2.27. The van der Waals surface area contributed by atoms with Crippen LogP contribution in [0.2, 0.25) is 0 Å². The van der Waals surface area contributed by atoms with Gasteiger partial charge in [-0.3, -0.25) is 4.79 Å². The van der Waals surface area contributed by atoms with Gasteiger partial charge < -0.3 is 4.57 Å². The first-order chi connectivity index (χ1) is 12.1. The van der Waals surface area contributed by atoms with Gasteiger partial charge >= 0.3 is 0 Å². The Morgan fingerprint density at radius 1 is 1.48 bits per heavy atom. The third kappa shape index (κ3) is 3.65. The number of Topliss-reactive ketones (excluding diaryl/α,β-unsaturated/α-hetero) is 1. The van der Waals surface area contributed by atoms with E-state index < -0.39 is 5.92 Å². The number of para-hydroxylation sites is 2. The zero-order valence-electron chi connectivity index (χ0n) is 13.7. The highest BCUT2D eigenvalue weighted by atomic mass is 32.2. The third-order valence-corrected chi connectivity index (χ3v) is 5.64. The Morgan fingerprint density at radius 2 is 2.28 bits per heavy atom. The van der Waals surface area contributed by atoms with Crippen LogP contribution in [0.15, 0.2) is 47.5 Å². The number of rotatable bonds is 7. The Labute approximate surface area is 154 Å². The Hall–Kier alpha value is -2.43. The van der Waals surface area contributed by atoms with Crippen LogP contribution in [-0.2, 0) is 11.3 Å². The summed E-state index contributed by atoms with van der Waals surface area (Å²) in [6, 6.07) is 9.90. The molecule has 0 saturated carbocycles. The number of aromatic nitrogens is 3. The summed E-state index contributed by atoms with van der Waals surface area (Å²) in [4.78, 5) is 21.4. The topological polar surface area (TPSA) is 71.6 Å². The van der Waals surface area contributed by atoms with Crippen molar-refractivity contribution in [2.24, 2.45) is 0 Å². The molecule has 0 fully saturated rings. The zero-order chi connectivity index (χ0) is 17.8. The van der Waals surface area contributed by atoms with Gasteiger partial charge in [0.2, 0.25) is 0 Å². The van der Waals surface area contributed by atoms with Gasteiger partial charge in [0.05, 0.1) is 22.9 Å². The average Bonchev–Trinajstić information content (AvgIpc) is 3.18. The number of carbonyl (C=O) groups excluding carboxylic acids is 1. The van der Waals surface area contributed by atoms with Crippen LogP contribution in [0.4, 0.5) is 0 Å². The second-order valence-corrected chi connectivity index (χ2v) is 7.26. The van der Waals surface area contributed by atoms with Gasteiger partial charge in [-0.25, -0.2) is 9.97 Å². The van der Waals surface area contributed by atoms with Gasteiger partial charge in [-0.1, -0.05) is 30.0 Å². The van der Waals surface area contributed by atoms with Crippen molar-refractivity contribution in [3.8, 4) is 6.07 Å². The van der Waals surface area contributed by atoms with Crippen molar-refractivity contribution >= 4 is 39.9 Å². The number of aryl methyl sites for hydroxylation is 1. The minimum absolute atomic E-state index is 0.154. The van der Waals surface area contributed by atoms with E-state index in [9.17, 15) is 10.1 Å². The summed E-state index contributed by atoms with van der Waals surface area (Å²) in [5.41, 5.74) is 2.71. The number of fused-ring (bicyclic) bond motifs is 1. The first-order valence-corrected chi connectivity index (χ1v) is 9.54. The predicted molar refractivity (Wildman–Crippen MR) is 101 cm³/mol. The lowest BCUT2D eigenvalue weighted by atomic mass is 10.1. The monoisotopic (exact) mass is 368 g/mol. The average molecular weight is 368 g/mol. The molecule has 1 unspecified atom stereocenters. The largest absolute Gasteiger partial charge is 0.315 e. The van der Waals surface area contributed by atoms with Crippen LogP contribution in [-0.4, -0.2) is 26.1 Å². The van der Waals surface area contributed by atoms with Crippen molar-refractivity contribution in [3.63, 3.8) is 0 Å². The molecule has 5 nitrogen and oxygen atoms in total. The van der Waals surface area contributed by atoms with Gasteiger partial charge in [0.1, 0.15) is 5.01 Å². The highest BCUT2D eigenvalue weighted by molar-refractivity contribution is 7.99. The van der Waals surface area contributed by atoms with E-state index in [4.69, 9.17) is 0 Å². The van der Waals surface area contributed by atoms with Gasteiger partial charge in [0, 0.05) is 17.6 Å². The van der Waals surface area contributed by atoms with Crippen LogP contribution < -0.4 is 0 Å². The molecule has 0 N–H and O–H groups in total. The predicted octanol–water partition coefficient (Wildman–Crippen LogP) is 3.96. The molecule has 0 aliphatic rings. The quantitative estimate of drug-likeness (QED) is 0.466. The van der Waals surface area contributed by atoms with E-state index in [0.717, 1.165) is 21.9 Å². The standard InChI is InChI=1S/C18H16N4OS2/c1-3-8-22-15-7-5-4-6-14(15)21-18(22)25-11-16(23)13(9-19)17-20-12(2)10-24-17/h3-7,10,13H,1,8,11H2,2H3. The van der Waals surface area contributed by atoms with E-state index in [-0.39, 0.29) is 11.5 Å². The molecule has 126 valence electrons. The number of imidazole rings is 1. The summed E-state index contributed by atoms with van der Waals surface area (Å²) in [6.07, 6.45) is 1.80. The fourth-order valence-corrected chi connectivity index (χ4v) is 4.25. The minimum Gasteiger partial charge on any atom is -0.315 e. The molecule has 0 spiro atoms. The molecular formula is C18H16N4OS2. The molecule has 1 atom stereocenters. The van der Waals surface area contributed by atoms with E-state index in [1.165, 1.54) is 23.1 Å². The summed E-state index contributed by atoms with van der Waals surface area (Å²) >= 11 is 2.70. The Balaban J connectivity index is 1.80. The molecule has 7 heteroatoms. The SMILES string of the molecule is C=CCn1c(SCC(=O)C(C#N)c2nc(C)cs2)nc2ccccc21. The lowest BCUT2D eigenvalue weighted by molar-refractivity contribution is -0.116. The fraction of sp³-hybridized carbons (Fsp3) is 0.222. The number of carbonyl (C=O) groups is 1. The molecule has 3 rings (SSSR count). The Kier molecular flexibility index (Phi) is 5.31. The molecule has 25 heavy (non-hydrogen) atoms. The number of benzene rings is 1. The smallest absolute Gasteiger partial charge is 0.169 e. The highest BCUT2D eigenvalue weighted by Gasteiger charge is 2.24. The summed E-state index contributed by atoms with van der Waals surface area (Å²) in [6.45, 7) is 6.26. The molecule has 0 amide bonds. The van der Waals surface area contributed by atoms with Gasteiger partial charge in [-0.05, 0) is 19.1 Å². The summed E-state index contributed by atoms with van der Waals surface area (Å²) in [5.74, 6) is -0.792. The number of hydrogen-bond acceptors (Lipinski definition) is 6. The fourth-order valence-electron chi connectivity index (χ4n) is 2.46. The van der Waals surface area contributed by atoms with Crippen LogP contribution >= 0.6 is 23.1 Å². The van der Waals surface area contributed by atoms with Gasteiger partial charge in [-0.2, -0.15) is 5.26 Å². The van der Waals surface area contributed by atoms with Crippen molar-refractivity contribution < 1.29 is 4.79 Å². The molecular weight excluding hydrogens is 352 g/mol. The summed E-state index contributed by atoms with van der Waals surface area (Å²) in [7, 11) is 0. The first kappa shape index (κ1) is 17.4. The van der Waals surface area contributed by atoms with Crippen LogP contribution in [0, 0.1) is 18.3 Å². The van der Waals surface area contributed by atoms with Crippen molar-refractivity contribution in [2.75, 3.05) is 5.75 Å². The van der Waals surface area contributed by atoms with Crippen LogP contribution in [0.3, 0.4) is 0 Å².